The summed E-state index contributed by atoms with van der Waals surface area (Å²) in [5, 5.41) is 3.26. The average Bonchev–Trinajstić information content (AvgIpc) is 2.60. The van der Waals surface area contributed by atoms with Gasteiger partial charge in [0.2, 0.25) is 17.2 Å². The molecule has 1 fully saturated rings. The second-order valence-corrected chi connectivity index (χ2v) is 4.42. The van der Waals surface area contributed by atoms with Gasteiger partial charge in [-0.1, -0.05) is 0 Å². The van der Waals surface area contributed by atoms with Gasteiger partial charge in [-0.25, -0.2) is 0 Å². The van der Waals surface area contributed by atoms with Crippen LogP contribution in [0.25, 0.3) is 0 Å². The van der Waals surface area contributed by atoms with Gasteiger partial charge < -0.3 is 16.0 Å². The number of nitrogen functional groups attached to an aromatic ring is 1. The normalized spacial score (nSPS) is 21.2. The highest BCUT2D eigenvalue weighted by atomic mass is 35.5. The highest BCUT2D eigenvalue weighted by molar-refractivity contribution is 6.28. The predicted octanol–water partition coefficient (Wildman–Crippen LogP) is 0.471. The molecule has 88 valence electrons. The van der Waals surface area contributed by atoms with E-state index < -0.39 is 0 Å². The van der Waals surface area contributed by atoms with Crippen molar-refractivity contribution in [1.29, 1.82) is 0 Å². The number of aromatic nitrogens is 3. The smallest absolute Gasteiger partial charge is 0.228 e. The monoisotopic (exact) mass is 242 g/mol. The fraction of sp³-hybridized carbons (Fsp3) is 0.667. The molecule has 1 atom stereocenters. The van der Waals surface area contributed by atoms with E-state index in [1.54, 1.807) is 0 Å². The largest absolute Gasteiger partial charge is 0.368 e. The molecule has 1 saturated heterocycles. The molecule has 0 bridgehead atoms. The highest BCUT2D eigenvalue weighted by Gasteiger charge is 2.19. The highest BCUT2D eigenvalue weighted by Crippen LogP contribution is 2.15. The van der Waals surface area contributed by atoms with Crippen molar-refractivity contribution in [3.05, 3.63) is 5.28 Å². The molecule has 1 aromatic rings. The summed E-state index contributed by atoms with van der Waals surface area (Å²) in [6.45, 7) is 3.08. The fourth-order valence-corrected chi connectivity index (χ4v) is 2.04. The minimum atomic E-state index is 0.124. The van der Waals surface area contributed by atoms with Gasteiger partial charge >= 0.3 is 0 Å². The van der Waals surface area contributed by atoms with Gasteiger partial charge in [-0.3, -0.25) is 0 Å². The number of hydrogen-bond acceptors (Lipinski definition) is 6. The summed E-state index contributed by atoms with van der Waals surface area (Å²) in [7, 11) is 2.12. The zero-order chi connectivity index (χ0) is 11.5. The molecule has 1 aliphatic rings. The maximum atomic E-state index is 5.68. The van der Waals surface area contributed by atoms with Crippen LogP contribution in [0.2, 0.25) is 5.28 Å². The van der Waals surface area contributed by atoms with Crippen molar-refractivity contribution in [2.24, 2.45) is 5.92 Å². The Balaban J connectivity index is 1.89. The Morgan fingerprint density at radius 2 is 2.31 bits per heavy atom. The zero-order valence-corrected chi connectivity index (χ0v) is 9.91. The molecular weight excluding hydrogens is 228 g/mol. The summed E-state index contributed by atoms with van der Waals surface area (Å²) >= 11 is 5.68. The van der Waals surface area contributed by atoms with Gasteiger partial charge in [0, 0.05) is 13.1 Å². The van der Waals surface area contributed by atoms with Crippen molar-refractivity contribution >= 4 is 23.5 Å². The quantitative estimate of drug-likeness (QED) is 0.802. The van der Waals surface area contributed by atoms with E-state index in [2.05, 4.69) is 32.2 Å². The van der Waals surface area contributed by atoms with E-state index >= 15 is 0 Å². The first-order chi connectivity index (χ1) is 7.63. The lowest BCUT2D eigenvalue weighted by atomic mass is 10.1. The molecule has 2 heterocycles. The number of nitrogens with two attached hydrogens (primary N) is 1. The van der Waals surface area contributed by atoms with Crippen LogP contribution in [0.3, 0.4) is 0 Å². The summed E-state index contributed by atoms with van der Waals surface area (Å²) in [4.78, 5) is 13.9. The van der Waals surface area contributed by atoms with E-state index in [1.807, 2.05) is 0 Å². The Morgan fingerprint density at radius 3 is 2.94 bits per heavy atom. The van der Waals surface area contributed by atoms with Crippen LogP contribution in [0.4, 0.5) is 11.9 Å². The minimum Gasteiger partial charge on any atom is -0.368 e. The molecule has 1 unspecified atom stereocenters. The standard InChI is InChI=1S/C9H15ClN6/c1-16-3-2-6(5-16)4-12-9-14-7(10)13-8(11)15-9/h6H,2-5H2,1H3,(H3,11,12,13,14,15). The summed E-state index contributed by atoms with van der Waals surface area (Å²) in [5.74, 6) is 1.22. The number of anilines is 2. The van der Waals surface area contributed by atoms with E-state index in [0.29, 0.717) is 11.9 Å². The van der Waals surface area contributed by atoms with Crippen LogP contribution < -0.4 is 11.1 Å². The van der Waals surface area contributed by atoms with Gasteiger partial charge in [-0.15, -0.1) is 0 Å². The van der Waals surface area contributed by atoms with Crippen LogP contribution in [0.15, 0.2) is 0 Å². The number of nitrogens with one attached hydrogen (secondary N) is 1. The van der Waals surface area contributed by atoms with Crippen LogP contribution in [0.1, 0.15) is 6.42 Å². The van der Waals surface area contributed by atoms with Gasteiger partial charge in [-0.2, -0.15) is 15.0 Å². The number of halogens is 1. The Kier molecular flexibility index (Phi) is 3.40. The maximum Gasteiger partial charge on any atom is 0.228 e. The first-order valence-electron chi connectivity index (χ1n) is 5.23. The predicted molar refractivity (Wildman–Crippen MR) is 63.3 cm³/mol. The Hall–Kier alpha value is -1.14. The van der Waals surface area contributed by atoms with E-state index in [4.69, 9.17) is 17.3 Å². The van der Waals surface area contributed by atoms with E-state index in [1.165, 1.54) is 6.42 Å². The van der Waals surface area contributed by atoms with E-state index in [0.717, 1.165) is 19.6 Å². The van der Waals surface area contributed by atoms with Gasteiger partial charge in [0.1, 0.15) is 0 Å². The summed E-state index contributed by atoms with van der Waals surface area (Å²) in [6, 6.07) is 0. The third-order valence-corrected chi connectivity index (χ3v) is 2.83. The number of hydrogen-bond donors (Lipinski definition) is 2. The second kappa shape index (κ2) is 4.80. The lowest BCUT2D eigenvalue weighted by Crippen LogP contribution is -2.20. The number of rotatable bonds is 3. The van der Waals surface area contributed by atoms with Crippen molar-refractivity contribution in [1.82, 2.24) is 19.9 Å². The molecule has 0 aliphatic carbocycles. The number of nitrogens with zero attached hydrogens (tertiary/aromatic N) is 4. The molecule has 0 radical (unpaired) electrons. The van der Waals surface area contributed by atoms with Crippen molar-refractivity contribution in [2.45, 2.75) is 6.42 Å². The summed E-state index contributed by atoms with van der Waals surface area (Å²) < 4.78 is 0. The molecule has 0 saturated carbocycles. The minimum absolute atomic E-state index is 0.124. The van der Waals surface area contributed by atoms with Gasteiger partial charge in [0.15, 0.2) is 0 Å². The van der Waals surface area contributed by atoms with Gasteiger partial charge in [0.25, 0.3) is 0 Å². The third-order valence-electron chi connectivity index (χ3n) is 2.66. The third kappa shape index (κ3) is 2.93. The molecule has 1 aromatic heterocycles. The maximum absolute atomic E-state index is 5.68. The topological polar surface area (TPSA) is 80.0 Å². The van der Waals surface area contributed by atoms with Crippen molar-refractivity contribution < 1.29 is 0 Å². The van der Waals surface area contributed by atoms with Crippen molar-refractivity contribution in [2.75, 3.05) is 37.7 Å². The molecule has 0 aromatic carbocycles. The summed E-state index contributed by atoms with van der Waals surface area (Å²) in [6.07, 6.45) is 1.19. The lowest BCUT2D eigenvalue weighted by molar-refractivity contribution is 0.399. The van der Waals surface area contributed by atoms with Crippen molar-refractivity contribution in [3.63, 3.8) is 0 Å². The molecule has 16 heavy (non-hydrogen) atoms. The Morgan fingerprint density at radius 1 is 1.50 bits per heavy atom. The lowest BCUT2D eigenvalue weighted by Gasteiger charge is -2.11. The fourth-order valence-electron chi connectivity index (χ4n) is 1.87. The summed E-state index contributed by atoms with van der Waals surface area (Å²) in [5.41, 5.74) is 5.47. The van der Waals surface area contributed by atoms with Crippen LogP contribution in [0, 0.1) is 5.92 Å². The molecule has 3 N–H and O–H groups in total. The second-order valence-electron chi connectivity index (χ2n) is 4.08. The van der Waals surface area contributed by atoms with Crippen LogP contribution in [-0.2, 0) is 0 Å². The first kappa shape index (κ1) is 11.3. The molecule has 1 aliphatic heterocycles. The molecule has 2 rings (SSSR count). The molecule has 0 spiro atoms. The van der Waals surface area contributed by atoms with E-state index in [9.17, 15) is 0 Å². The molecule has 0 amide bonds. The molecular formula is C9H15ClN6. The number of likely N-dealkylation sites (tertiary alicyclic amines) is 1. The van der Waals surface area contributed by atoms with Crippen LogP contribution in [-0.4, -0.2) is 46.5 Å². The van der Waals surface area contributed by atoms with Crippen LogP contribution >= 0.6 is 11.6 Å². The van der Waals surface area contributed by atoms with E-state index in [-0.39, 0.29) is 11.2 Å². The Bertz CT molecular complexity index is 351. The first-order valence-corrected chi connectivity index (χ1v) is 5.61. The SMILES string of the molecule is CN1CCC(CNc2nc(N)nc(Cl)n2)C1. The van der Waals surface area contributed by atoms with Gasteiger partial charge in [-0.05, 0) is 37.5 Å². The Labute approximate surface area is 99.2 Å². The van der Waals surface area contributed by atoms with Gasteiger partial charge in [0.05, 0.1) is 0 Å². The molecule has 7 heteroatoms. The van der Waals surface area contributed by atoms with Crippen LogP contribution in [0.5, 0.6) is 0 Å². The molecule has 6 nitrogen and oxygen atoms in total. The zero-order valence-electron chi connectivity index (χ0n) is 9.15. The average molecular weight is 243 g/mol. The van der Waals surface area contributed by atoms with Crippen molar-refractivity contribution in [3.8, 4) is 0 Å².